The molecule has 1 aromatic carbocycles. The molecule has 1 heterocycles. The fourth-order valence-electron chi connectivity index (χ4n) is 5.08. The number of esters is 2. The van der Waals surface area contributed by atoms with Crippen molar-refractivity contribution >= 4 is 82.1 Å². The molecule has 58 heavy (non-hydrogen) atoms. The number of hydrogen-bond acceptors (Lipinski definition) is 11. The lowest BCUT2D eigenvalue weighted by Gasteiger charge is -2.34. The van der Waals surface area contributed by atoms with Crippen LogP contribution in [-0.4, -0.2) is 75.6 Å². The third-order valence-corrected chi connectivity index (χ3v) is 9.54. The number of nitrogens with zero attached hydrogens (tertiary/aromatic N) is 1. The zero-order valence-electron chi connectivity index (χ0n) is 34.6. The van der Waals surface area contributed by atoms with E-state index < -0.39 is 75.5 Å². The maximum Gasteiger partial charge on any atom is 0.408 e. The van der Waals surface area contributed by atoms with Gasteiger partial charge in [-0.05, 0) is 84.1 Å². The first-order valence-corrected chi connectivity index (χ1v) is 21.0. The summed E-state index contributed by atoms with van der Waals surface area (Å²) in [6, 6.07) is 4.48. The number of halogens is 3. The predicted molar refractivity (Wildman–Crippen MR) is 228 cm³/mol. The summed E-state index contributed by atoms with van der Waals surface area (Å²) < 4.78 is 20.2. The van der Waals surface area contributed by atoms with Gasteiger partial charge in [-0.2, -0.15) is 0 Å². The van der Waals surface area contributed by atoms with Crippen molar-refractivity contribution in [2.75, 3.05) is 13.2 Å². The second-order valence-corrected chi connectivity index (χ2v) is 19.1. The van der Waals surface area contributed by atoms with Crippen LogP contribution in [0.1, 0.15) is 104 Å². The highest BCUT2D eigenvalue weighted by Gasteiger charge is 2.41. The summed E-state index contributed by atoms with van der Waals surface area (Å²) in [5.41, 5.74) is -0.606. The van der Waals surface area contributed by atoms with Crippen molar-refractivity contribution in [2.24, 2.45) is 11.3 Å². The van der Waals surface area contributed by atoms with Gasteiger partial charge in [-0.15, -0.1) is 11.3 Å². The Labute approximate surface area is 360 Å². The Hall–Kier alpha value is -3.85. The summed E-state index contributed by atoms with van der Waals surface area (Å²) in [4.78, 5) is 71.7. The van der Waals surface area contributed by atoms with Gasteiger partial charge in [0.25, 0.3) is 5.91 Å². The predicted octanol–water partition coefficient (Wildman–Crippen LogP) is 8.22. The van der Waals surface area contributed by atoms with Crippen molar-refractivity contribution in [2.45, 2.75) is 122 Å². The Balaban J connectivity index is 2.57. The lowest BCUT2D eigenvalue weighted by molar-refractivity contribution is -0.167. The molecule has 0 fully saturated rings. The molecule has 0 radical (unpaired) electrons. The molecule has 0 aliphatic carbocycles. The minimum atomic E-state index is -1.78. The first-order chi connectivity index (χ1) is 27.0. The minimum absolute atomic E-state index is 0.244. The monoisotopic (exact) mass is 886 g/mol. The summed E-state index contributed by atoms with van der Waals surface area (Å²) in [7, 11) is 0. The highest BCUT2D eigenvalue weighted by atomic mass is 35.6. The molecule has 0 aliphatic rings. The highest BCUT2D eigenvalue weighted by molar-refractivity contribution is 7.09. The zero-order valence-corrected chi connectivity index (χ0v) is 37.7. The fourth-order valence-corrected chi connectivity index (χ4v) is 6.08. The molecular weight excluding hydrogens is 831 g/mol. The topological polar surface area (TPSA) is 171 Å². The maximum atomic E-state index is 14.6. The van der Waals surface area contributed by atoms with E-state index in [4.69, 9.17) is 53.8 Å². The van der Waals surface area contributed by atoms with E-state index in [1.807, 2.05) is 32.9 Å². The Bertz CT molecular complexity index is 1720. The van der Waals surface area contributed by atoms with Crippen molar-refractivity contribution < 1.29 is 42.9 Å². The van der Waals surface area contributed by atoms with Crippen LogP contribution in [0.5, 0.6) is 5.75 Å². The van der Waals surface area contributed by atoms with Crippen LogP contribution in [0.4, 0.5) is 4.79 Å². The molecule has 2 aromatic rings. The zero-order chi connectivity index (χ0) is 43.8. The van der Waals surface area contributed by atoms with Crippen LogP contribution in [0.2, 0.25) is 0 Å². The first-order valence-electron chi connectivity index (χ1n) is 19.0. The number of ether oxygens (including phenoxy) is 4. The molecule has 3 amide bonds. The van der Waals surface area contributed by atoms with E-state index in [1.54, 1.807) is 65.1 Å². The Morgan fingerprint density at radius 3 is 2.16 bits per heavy atom. The van der Waals surface area contributed by atoms with Gasteiger partial charge < -0.3 is 34.9 Å². The second-order valence-electron chi connectivity index (χ2n) is 15.7. The average molecular weight is 888 g/mol. The van der Waals surface area contributed by atoms with Crippen LogP contribution in [-0.2, 0) is 39.8 Å². The van der Waals surface area contributed by atoms with E-state index in [1.165, 1.54) is 17.4 Å². The molecule has 2 rings (SSSR count). The smallest absolute Gasteiger partial charge is 0.408 e. The quantitative estimate of drug-likeness (QED) is 0.0387. The SMILES string of the molecule is C=CCOc1ccc(C[C@H](NC(=O)[C@H](OC(=O)C(C)(C)C)[C@@H](NC(=O)[C@H](CCC)NC(=O)OC(C)(C)C)[C@@H](C)CC)c2nc(/C=C/C(=O)OCC(Cl)(Cl)Cl)cs2)cc1. The van der Waals surface area contributed by atoms with Crippen LogP contribution in [0.3, 0.4) is 0 Å². The molecule has 0 unspecified atom stereocenters. The van der Waals surface area contributed by atoms with E-state index >= 15 is 0 Å². The van der Waals surface area contributed by atoms with Gasteiger partial charge in [-0.3, -0.25) is 14.4 Å². The van der Waals surface area contributed by atoms with E-state index in [2.05, 4.69) is 27.5 Å². The minimum Gasteiger partial charge on any atom is -0.490 e. The molecule has 0 saturated carbocycles. The highest BCUT2D eigenvalue weighted by Crippen LogP contribution is 2.28. The summed E-state index contributed by atoms with van der Waals surface area (Å²) in [6.45, 7) is 19.2. The molecule has 0 aliphatic heterocycles. The van der Waals surface area contributed by atoms with E-state index in [9.17, 15) is 24.0 Å². The number of nitrogens with one attached hydrogen (secondary N) is 3. The average Bonchev–Trinajstić information content (AvgIpc) is 3.61. The normalized spacial score (nSPS) is 14.6. The van der Waals surface area contributed by atoms with Crippen molar-refractivity contribution in [3.05, 3.63) is 64.6 Å². The van der Waals surface area contributed by atoms with Crippen molar-refractivity contribution in [3.8, 4) is 5.75 Å². The number of rotatable bonds is 20. The summed E-state index contributed by atoms with van der Waals surface area (Å²) in [6.07, 6.45) is 3.49. The van der Waals surface area contributed by atoms with Crippen molar-refractivity contribution in [1.82, 2.24) is 20.9 Å². The molecule has 13 nitrogen and oxygen atoms in total. The van der Waals surface area contributed by atoms with Crippen molar-refractivity contribution in [1.29, 1.82) is 0 Å². The van der Waals surface area contributed by atoms with Gasteiger partial charge in [-0.25, -0.2) is 14.6 Å². The third kappa shape index (κ3) is 18.4. The Kier molecular flexibility index (Phi) is 20.0. The van der Waals surface area contributed by atoms with E-state index in [-0.39, 0.29) is 18.8 Å². The number of aromatic nitrogens is 1. The molecule has 0 bridgehead atoms. The summed E-state index contributed by atoms with van der Waals surface area (Å²) >= 11 is 18.3. The van der Waals surface area contributed by atoms with Crippen molar-refractivity contribution in [3.63, 3.8) is 0 Å². The van der Waals surface area contributed by atoms with Crippen LogP contribution >= 0.6 is 46.1 Å². The molecule has 3 N–H and O–H groups in total. The first kappa shape index (κ1) is 50.3. The van der Waals surface area contributed by atoms with Gasteiger partial charge in [0.1, 0.15) is 35.6 Å². The van der Waals surface area contributed by atoms with Crippen LogP contribution in [0.25, 0.3) is 6.08 Å². The standard InChI is InChI=1S/C41H57Cl3N4O9S/c1-11-14-29(47-38(53)57-40(8,9)10)34(50)48-32(25(4)13-3)33(56-37(52)39(5,6)7)35(51)46-30(22-26-15-18-28(19-16-26)54-21-12-2)36-45-27(23-58-36)17-20-31(49)55-24-41(42,43)44/h12,15-20,23,25,29-30,32-33H,2,11,13-14,21-22,24H2,1,3-10H3,(H,46,51)(H,47,53)(H,48,50)/b20-17+/t25-,29-,30-,32-,33+/m0/s1. The van der Waals surface area contributed by atoms with E-state index in [0.29, 0.717) is 35.9 Å². The molecule has 1 aromatic heterocycles. The molecule has 0 saturated heterocycles. The Morgan fingerprint density at radius 2 is 1.60 bits per heavy atom. The lowest BCUT2D eigenvalue weighted by Crippen LogP contribution is -2.59. The number of carbonyl (C=O) groups is 5. The molecular formula is C41H57Cl3N4O9S. The molecule has 5 atom stereocenters. The van der Waals surface area contributed by atoms with Crippen LogP contribution < -0.4 is 20.7 Å². The maximum absolute atomic E-state index is 14.6. The number of thiazole rings is 1. The molecule has 17 heteroatoms. The van der Waals surface area contributed by atoms with Crippen LogP contribution in [0, 0.1) is 11.3 Å². The fraction of sp³-hybridized carbons (Fsp3) is 0.561. The number of carbonyl (C=O) groups excluding carboxylic acids is 5. The second kappa shape index (κ2) is 23.1. The van der Waals surface area contributed by atoms with E-state index in [0.717, 1.165) is 11.6 Å². The van der Waals surface area contributed by atoms with Crippen LogP contribution in [0.15, 0.2) is 48.4 Å². The number of hydrogen-bond donors (Lipinski definition) is 3. The lowest BCUT2D eigenvalue weighted by atomic mass is 9.91. The third-order valence-electron chi connectivity index (χ3n) is 8.24. The number of amides is 3. The van der Waals surface area contributed by atoms with Gasteiger partial charge in [0.2, 0.25) is 9.70 Å². The number of alkyl carbamates (subject to hydrolysis) is 1. The summed E-state index contributed by atoms with van der Waals surface area (Å²) in [5.74, 6) is -2.43. The van der Waals surface area contributed by atoms with Gasteiger partial charge in [0, 0.05) is 11.5 Å². The number of benzene rings is 1. The molecule has 0 spiro atoms. The summed E-state index contributed by atoms with van der Waals surface area (Å²) in [5, 5.41) is 10.8. The Morgan fingerprint density at radius 1 is 0.948 bits per heavy atom. The van der Waals surface area contributed by atoms with Gasteiger partial charge in [0.15, 0.2) is 6.10 Å². The number of alkyl halides is 3. The van der Waals surface area contributed by atoms with Gasteiger partial charge in [-0.1, -0.05) is 93.2 Å². The van der Waals surface area contributed by atoms with Gasteiger partial charge >= 0.3 is 18.0 Å². The largest absolute Gasteiger partial charge is 0.490 e. The van der Waals surface area contributed by atoms with Gasteiger partial charge in [0.05, 0.1) is 23.2 Å². The molecule has 322 valence electrons.